The van der Waals surface area contributed by atoms with Gasteiger partial charge in [0.25, 0.3) is 0 Å². The van der Waals surface area contributed by atoms with Gasteiger partial charge in [0, 0.05) is 5.92 Å². The van der Waals surface area contributed by atoms with Crippen molar-refractivity contribution in [2.24, 2.45) is 11.8 Å². The predicted octanol–water partition coefficient (Wildman–Crippen LogP) is 2.11. The number of carbonyl (C=O) groups is 2. The van der Waals surface area contributed by atoms with Crippen molar-refractivity contribution >= 4 is 11.8 Å². The summed E-state index contributed by atoms with van der Waals surface area (Å²) in [5.41, 5.74) is 0. The van der Waals surface area contributed by atoms with Crippen LogP contribution in [0.25, 0.3) is 0 Å². The first-order valence-corrected chi connectivity index (χ1v) is 5.46. The number of hydrogen-bond donors (Lipinski definition) is 0. The molecule has 3 heteroatoms. The summed E-state index contributed by atoms with van der Waals surface area (Å²) in [7, 11) is 0. The molecule has 0 saturated heterocycles. The zero-order valence-corrected chi connectivity index (χ0v) is 9.36. The van der Waals surface area contributed by atoms with Gasteiger partial charge in [0.15, 0.2) is 0 Å². The van der Waals surface area contributed by atoms with Crippen molar-refractivity contribution in [3.63, 3.8) is 0 Å². The quantitative estimate of drug-likeness (QED) is 0.527. The molecule has 15 heavy (non-hydrogen) atoms. The van der Waals surface area contributed by atoms with E-state index >= 15 is 0 Å². The summed E-state index contributed by atoms with van der Waals surface area (Å²) in [5.74, 6) is 0.311. The minimum absolute atomic E-state index is 0.0921. The maximum Gasteiger partial charge on any atom is 0.306 e. The highest BCUT2D eigenvalue weighted by Crippen LogP contribution is 2.26. The Bertz CT molecular complexity index is 268. The molecule has 2 unspecified atom stereocenters. The molecule has 0 bridgehead atoms. The Morgan fingerprint density at radius 1 is 1.47 bits per heavy atom. The summed E-state index contributed by atoms with van der Waals surface area (Å²) in [5, 5.41) is 0. The van der Waals surface area contributed by atoms with Crippen LogP contribution in [0.2, 0.25) is 0 Å². The highest BCUT2D eigenvalue weighted by atomic mass is 16.5. The monoisotopic (exact) mass is 210 g/mol. The van der Waals surface area contributed by atoms with E-state index in [0.717, 1.165) is 12.8 Å². The van der Waals surface area contributed by atoms with E-state index in [1.54, 1.807) is 13.8 Å². The van der Waals surface area contributed by atoms with Gasteiger partial charge in [-0.3, -0.25) is 9.59 Å². The molecule has 0 amide bonds. The molecule has 0 spiro atoms. The SMILES string of the molecule is CCOC(=O)CC1C=CCC(C(C)=O)C1. The van der Waals surface area contributed by atoms with Crippen LogP contribution in [0, 0.1) is 11.8 Å². The summed E-state index contributed by atoms with van der Waals surface area (Å²) >= 11 is 0. The number of allylic oxidation sites excluding steroid dienone is 2. The minimum Gasteiger partial charge on any atom is -0.466 e. The number of carbonyl (C=O) groups excluding carboxylic acids is 2. The topological polar surface area (TPSA) is 43.4 Å². The summed E-state index contributed by atoms with van der Waals surface area (Å²) in [4.78, 5) is 22.5. The number of Topliss-reactive ketones (excluding diaryl/α,β-unsaturated/α-hetero) is 1. The molecule has 0 N–H and O–H groups in total. The van der Waals surface area contributed by atoms with Gasteiger partial charge >= 0.3 is 5.97 Å². The lowest BCUT2D eigenvalue weighted by atomic mass is 9.83. The number of ketones is 1. The average Bonchev–Trinajstić information content (AvgIpc) is 2.18. The van der Waals surface area contributed by atoms with E-state index in [0.29, 0.717) is 13.0 Å². The zero-order valence-electron chi connectivity index (χ0n) is 9.36. The van der Waals surface area contributed by atoms with E-state index in [-0.39, 0.29) is 23.6 Å². The van der Waals surface area contributed by atoms with E-state index in [1.165, 1.54) is 0 Å². The van der Waals surface area contributed by atoms with Crippen LogP contribution >= 0.6 is 0 Å². The molecule has 1 aliphatic carbocycles. The second-order valence-electron chi connectivity index (χ2n) is 3.98. The maximum atomic E-state index is 11.2. The van der Waals surface area contributed by atoms with Crippen molar-refractivity contribution in [1.82, 2.24) is 0 Å². The number of esters is 1. The van der Waals surface area contributed by atoms with Crippen molar-refractivity contribution in [2.45, 2.75) is 33.1 Å². The van der Waals surface area contributed by atoms with Gasteiger partial charge in [-0.1, -0.05) is 12.2 Å². The van der Waals surface area contributed by atoms with Crippen molar-refractivity contribution in [1.29, 1.82) is 0 Å². The summed E-state index contributed by atoms with van der Waals surface area (Å²) in [6.07, 6.45) is 6.02. The Hall–Kier alpha value is -1.12. The summed E-state index contributed by atoms with van der Waals surface area (Å²) in [6.45, 7) is 3.84. The molecule has 1 rings (SSSR count). The average molecular weight is 210 g/mol. The third-order valence-corrected chi connectivity index (χ3v) is 2.73. The first-order valence-electron chi connectivity index (χ1n) is 5.46. The lowest BCUT2D eigenvalue weighted by molar-refractivity contribution is -0.144. The van der Waals surface area contributed by atoms with Crippen molar-refractivity contribution in [2.75, 3.05) is 6.61 Å². The van der Waals surface area contributed by atoms with E-state index in [1.807, 2.05) is 12.2 Å². The molecule has 0 aromatic heterocycles. The normalized spacial score (nSPS) is 24.9. The summed E-state index contributed by atoms with van der Waals surface area (Å²) < 4.78 is 4.88. The first-order chi connectivity index (χ1) is 7.13. The second-order valence-corrected chi connectivity index (χ2v) is 3.98. The van der Waals surface area contributed by atoms with Crippen molar-refractivity contribution in [3.8, 4) is 0 Å². The van der Waals surface area contributed by atoms with Crippen LogP contribution in [0.5, 0.6) is 0 Å². The van der Waals surface area contributed by atoms with Gasteiger partial charge in [0.05, 0.1) is 13.0 Å². The van der Waals surface area contributed by atoms with E-state index in [9.17, 15) is 9.59 Å². The first kappa shape index (κ1) is 12.0. The Kier molecular flexibility index (Phi) is 4.53. The molecule has 0 radical (unpaired) electrons. The third kappa shape index (κ3) is 3.86. The van der Waals surface area contributed by atoms with Crippen LogP contribution in [0.4, 0.5) is 0 Å². The minimum atomic E-state index is -0.170. The van der Waals surface area contributed by atoms with Gasteiger partial charge in [-0.25, -0.2) is 0 Å². The fourth-order valence-electron chi connectivity index (χ4n) is 1.89. The van der Waals surface area contributed by atoms with E-state index in [4.69, 9.17) is 4.74 Å². The molecule has 0 saturated carbocycles. The van der Waals surface area contributed by atoms with Crippen molar-refractivity contribution in [3.05, 3.63) is 12.2 Å². The smallest absolute Gasteiger partial charge is 0.306 e. The molecule has 1 aliphatic rings. The zero-order chi connectivity index (χ0) is 11.3. The third-order valence-electron chi connectivity index (χ3n) is 2.73. The fraction of sp³-hybridized carbons (Fsp3) is 0.667. The van der Waals surface area contributed by atoms with Gasteiger partial charge in [-0.2, -0.15) is 0 Å². The molecule has 0 fully saturated rings. The van der Waals surface area contributed by atoms with Crippen LogP contribution < -0.4 is 0 Å². The van der Waals surface area contributed by atoms with Crippen LogP contribution in [-0.4, -0.2) is 18.4 Å². The van der Waals surface area contributed by atoms with Gasteiger partial charge in [0.2, 0.25) is 0 Å². The Morgan fingerprint density at radius 2 is 2.20 bits per heavy atom. The molecule has 0 heterocycles. The van der Waals surface area contributed by atoms with Crippen LogP contribution in [0.15, 0.2) is 12.2 Å². The molecular weight excluding hydrogens is 192 g/mol. The largest absolute Gasteiger partial charge is 0.466 e. The number of hydrogen-bond acceptors (Lipinski definition) is 3. The molecular formula is C12H18O3. The highest BCUT2D eigenvalue weighted by Gasteiger charge is 2.23. The Morgan fingerprint density at radius 3 is 2.80 bits per heavy atom. The van der Waals surface area contributed by atoms with Gasteiger partial charge in [-0.05, 0) is 32.6 Å². The van der Waals surface area contributed by atoms with Crippen LogP contribution in [-0.2, 0) is 14.3 Å². The molecule has 2 atom stereocenters. The van der Waals surface area contributed by atoms with Gasteiger partial charge < -0.3 is 4.74 Å². The Labute approximate surface area is 90.5 Å². The predicted molar refractivity (Wildman–Crippen MR) is 57.3 cm³/mol. The number of ether oxygens (including phenoxy) is 1. The Balaban J connectivity index is 2.43. The second kappa shape index (κ2) is 5.69. The lowest BCUT2D eigenvalue weighted by Crippen LogP contribution is -2.20. The van der Waals surface area contributed by atoms with Gasteiger partial charge in [-0.15, -0.1) is 0 Å². The molecule has 84 valence electrons. The van der Waals surface area contributed by atoms with Crippen LogP contribution in [0.1, 0.15) is 33.1 Å². The van der Waals surface area contributed by atoms with Crippen molar-refractivity contribution < 1.29 is 14.3 Å². The maximum absolute atomic E-state index is 11.2. The van der Waals surface area contributed by atoms with Crippen LogP contribution in [0.3, 0.4) is 0 Å². The lowest BCUT2D eigenvalue weighted by Gasteiger charge is -2.21. The summed E-state index contributed by atoms with van der Waals surface area (Å²) in [6, 6.07) is 0. The molecule has 0 aromatic carbocycles. The van der Waals surface area contributed by atoms with E-state index < -0.39 is 0 Å². The van der Waals surface area contributed by atoms with Gasteiger partial charge in [0.1, 0.15) is 5.78 Å². The van der Waals surface area contributed by atoms with E-state index in [2.05, 4.69) is 0 Å². The molecule has 3 nitrogen and oxygen atoms in total. The highest BCUT2D eigenvalue weighted by molar-refractivity contribution is 5.78. The standard InChI is InChI=1S/C12H18O3/c1-3-15-12(14)8-10-5-4-6-11(7-10)9(2)13/h4-5,10-11H,3,6-8H2,1-2H3. The molecule has 0 aromatic rings. The number of rotatable bonds is 4. The molecule has 0 aliphatic heterocycles. The fourth-order valence-corrected chi connectivity index (χ4v) is 1.89.